The molecule has 5 nitrogen and oxygen atoms in total. The Morgan fingerprint density at radius 2 is 2.00 bits per heavy atom. The molecule has 2 amide bonds. The first kappa shape index (κ1) is 12.3. The van der Waals surface area contributed by atoms with Crippen molar-refractivity contribution in [3.05, 3.63) is 23.3 Å². The van der Waals surface area contributed by atoms with Gasteiger partial charge in [-0.05, 0) is 37.1 Å². The van der Waals surface area contributed by atoms with Crippen molar-refractivity contribution in [2.24, 2.45) is 5.84 Å². The molecule has 0 aliphatic rings. The molecule has 1 aromatic rings. The number of anilines is 1. The van der Waals surface area contributed by atoms with E-state index < -0.39 is 0 Å². The van der Waals surface area contributed by atoms with E-state index in [2.05, 4.69) is 5.43 Å². The van der Waals surface area contributed by atoms with Gasteiger partial charge in [0, 0.05) is 12.7 Å². The van der Waals surface area contributed by atoms with Crippen LogP contribution < -0.4 is 20.9 Å². The second-order valence-electron chi connectivity index (χ2n) is 3.62. The molecular formula is C11H17N3O2. The Morgan fingerprint density at radius 3 is 2.50 bits per heavy atom. The average Bonchev–Trinajstić information content (AvgIpc) is 2.29. The Labute approximate surface area is 95.2 Å². The van der Waals surface area contributed by atoms with Crippen molar-refractivity contribution < 1.29 is 9.53 Å². The molecule has 0 spiro atoms. The van der Waals surface area contributed by atoms with Gasteiger partial charge in [-0.2, -0.15) is 0 Å². The second-order valence-corrected chi connectivity index (χ2v) is 3.62. The number of rotatable bonds is 2. The molecule has 0 atom stereocenters. The van der Waals surface area contributed by atoms with E-state index >= 15 is 0 Å². The third-order valence-electron chi connectivity index (χ3n) is 2.50. The van der Waals surface area contributed by atoms with Crippen molar-refractivity contribution >= 4 is 11.7 Å². The molecule has 0 aliphatic carbocycles. The van der Waals surface area contributed by atoms with Crippen molar-refractivity contribution in [1.82, 2.24) is 5.43 Å². The number of benzene rings is 1. The summed E-state index contributed by atoms with van der Waals surface area (Å²) in [5, 5.41) is 0. The van der Waals surface area contributed by atoms with E-state index in [1.54, 1.807) is 14.2 Å². The summed E-state index contributed by atoms with van der Waals surface area (Å²) in [4.78, 5) is 12.8. The minimum Gasteiger partial charge on any atom is -0.496 e. The Hall–Kier alpha value is -1.75. The lowest BCUT2D eigenvalue weighted by atomic mass is 10.1. The standard InChI is InChI=1S/C11H17N3O2/c1-7-6-10(16-4)8(2)5-9(7)14(3)11(15)13-12/h5-6H,12H2,1-4H3,(H,13,15). The number of aryl methyl sites for hydroxylation is 2. The zero-order valence-electron chi connectivity index (χ0n) is 10.00. The van der Waals surface area contributed by atoms with Crippen LogP contribution in [0.3, 0.4) is 0 Å². The Bertz CT molecular complexity index is 404. The third kappa shape index (κ3) is 2.25. The van der Waals surface area contributed by atoms with Gasteiger partial charge in [0.25, 0.3) is 0 Å². The second kappa shape index (κ2) is 4.85. The van der Waals surface area contributed by atoms with Crippen molar-refractivity contribution in [3.63, 3.8) is 0 Å². The Morgan fingerprint density at radius 1 is 1.38 bits per heavy atom. The van der Waals surface area contributed by atoms with E-state index in [1.807, 2.05) is 26.0 Å². The number of hydrogen-bond acceptors (Lipinski definition) is 3. The Kier molecular flexibility index (Phi) is 3.73. The zero-order valence-corrected chi connectivity index (χ0v) is 10.00. The molecule has 0 radical (unpaired) electrons. The molecule has 1 rings (SSSR count). The van der Waals surface area contributed by atoms with Crippen molar-refractivity contribution in [2.75, 3.05) is 19.1 Å². The van der Waals surface area contributed by atoms with Gasteiger partial charge < -0.3 is 4.74 Å². The van der Waals surface area contributed by atoms with E-state index in [-0.39, 0.29) is 6.03 Å². The van der Waals surface area contributed by atoms with Crippen molar-refractivity contribution in [1.29, 1.82) is 0 Å². The van der Waals surface area contributed by atoms with Crippen molar-refractivity contribution in [2.45, 2.75) is 13.8 Å². The number of methoxy groups -OCH3 is 1. The summed E-state index contributed by atoms with van der Waals surface area (Å²) in [6, 6.07) is 3.43. The van der Waals surface area contributed by atoms with Gasteiger partial charge in [-0.25, -0.2) is 10.6 Å². The molecule has 0 saturated heterocycles. The highest BCUT2D eigenvalue weighted by molar-refractivity contribution is 5.92. The molecule has 3 N–H and O–H groups in total. The number of carbonyl (C=O) groups excluding carboxylic acids is 1. The van der Waals surface area contributed by atoms with Crippen LogP contribution in [-0.4, -0.2) is 20.2 Å². The first-order valence-corrected chi connectivity index (χ1v) is 4.90. The highest BCUT2D eigenvalue weighted by atomic mass is 16.5. The van der Waals surface area contributed by atoms with E-state index in [1.165, 1.54) is 4.90 Å². The largest absolute Gasteiger partial charge is 0.496 e. The van der Waals surface area contributed by atoms with Gasteiger partial charge >= 0.3 is 6.03 Å². The maximum Gasteiger partial charge on any atom is 0.335 e. The monoisotopic (exact) mass is 223 g/mol. The van der Waals surface area contributed by atoms with Crippen LogP contribution >= 0.6 is 0 Å². The van der Waals surface area contributed by atoms with Gasteiger partial charge in [-0.1, -0.05) is 0 Å². The summed E-state index contributed by atoms with van der Waals surface area (Å²) in [6.07, 6.45) is 0. The lowest BCUT2D eigenvalue weighted by Crippen LogP contribution is -2.41. The number of urea groups is 1. The topological polar surface area (TPSA) is 67.6 Å². The number of nitrogens with two attached hydrogens (primary N) is 1. The minimum absolute atomic E-state index is 0.354. The molecule has 0 aromatic heterocycles. The van der Waals surface area contributed by atoms with Crippen LogP contribution in [0.2, 0.25) is 0 Å². The molecule has 0 saturated carbocycles. The zero-order chi connectivity index (χ0) is 12.3. The van der Waals surface area contributed by atoms with Gasteiger partial charge in [0.1, 0.15) is 5.75 Å². The number of nitrogens with zero attached hydrogens (tertiary/aromatic N) is 1. The molecule has 0 fully saturated rings. The van der Waals surface area contributed by atoms with Gasteiger partial charge in [0.15, 0.2) is 0 Å². The maximum atomic E-state index is 11.4. The lowest BCUT2D eigenvalue weighted by Gasteiger charge is -2.20. The number of nitrogens with one attached hydrogen (secondary N) is 1. The van der Waals surface area contributed by atoms with Crippen LogP contribution in [0.5, 0.6) is 5.75 Å². The van der Waals surface area contributed by atoms with Gasteiger partial charge in [0.05, 0.1) is 7.11 Å². The summed E-state index contributed by atoms with van der Waals surface area (Å²) >= 11 is 0. The predicted octanol–water partition coefficient (Wildman–Crippen LogP) is 1.33. The fraction of sp³-hybridized carbons (Fsp3) is 0.364. The van der Waals surface area contributed by atoms with E-state index in [0.29, 0.717) is 0 Å². The normalized spacial score (nSPS) is 9.81. The van der Waals surface area contributed by atoms with E-state index in [9.17, 15) is 4.79 Å². The van der Waals surface area contributed by atoms with E-state index in [4.69, 9.17) is 10.6 Å². The number of hydrogen-bond donors (Lipinski definition) is 2. The van der Waals surface area contributed by atoms with Crippen LogP contribution in [0, 0.1) is 13.8 Å². The first-order valence-electron chi connectivity index (χ1n) is 4.90. The van der Waals surface area contributed by atoms with Crippen LogP contribution in [0.1, 0.15) is 11.1 Å². The van der Waals surface area contributed by atoms with Gasteiger partial charge in [0.2, 0.25) is 0 Å². The third-order valence-corrected chi connectivity index (χ3v) is 2.50. The molecule has 0 unspecified atom stereocenters. The molecule has 5 heteroatoms. The fourth-order valence-corrected chi connectivity index (χ4v) is 1.56. The summed E-state index contributed by atoms with van der Waals surface area (Å²) < 4.78 is 5.20. The summed E-state index contributed by atoms with van der Waals surface area (Å²) in [6.45, 7) is 3.84. The minimum atomic E-state index is -0.354. The molecule has 88 valence electrons. The van der Waals surface area contributed by atoms with Gasteiger partial charge in [-0.15, -0.1) is 0 Å². The summed E-state index contributed by atoms with van der Waals surface area (Å²) in [7, 11) is 3.29. The SMILES string of the molecule is COc1cc(C)c(N(C)C(=O)NN)cc1C. The maximum absolute atomic E-state index is 11.4. The molecular weight excluding hydrogens is 206 g/mol. The highest BCUT2D eigenvalue weighted by Gasteiger charge is 2.13. The number of hydrazine groups is 1. The van der Waals surface area contributed by atoms with Crippen LogP contribution in [0.15, 0.2) is 12.1 Å². The Balaban J connectivity index is 3.15. The fourth-order valence-electron chi connectivity index (χ4n) is 1.56. The summed E-state index contributed by atoms with van der Waals surface area (Å²) in [5.74, 6) is 5.90. The van der Waals surface area contributed by atoms with Crippen LogP contribution in [-0.2, 0) is 0 Å². The molecule has 0 bridgehead atoms. The molecule has 0 aliphatic heterocycles. The molecule has 16 heavy (non-hydrogen) atoms. The highest BCUT2D eigenvalue weighted by Crippen LogP contribution is 2.27. The molecule has 0 heterocycles. The van der Waals surface area contributed by atoms with Crippen LogP contribution in [0.25, 0.3) is 0 Å². The smallest absolute Gasteiger partial charge is 0.335 e. The number of carbonyl (C=O) groups is 1. The summed E-state index contributed by atoms with van der Waals surface area (Å²) in [5.41, 5.74) is 4.83. The predicted molar refractivity (Wildman–Crippen MR) is 63.6 cm³/mol. The molecule has 1 aromatic carbocycles. The average molecular weight is 223 g/mol. The number of amides is 2. The van der Waals surface area contributed by atoms with E-state index in [0.717, 1.165) is 22.6 Å². The quantitative estimate of drug-likeness (QED) is 0.451. The first-order chi connectivity index (χ1) is 7.51. The van der Waals surface area contributed by atoms with Crippen LogP contribution in [0.4, 0.5) is 10.5 Å². The van der Waals surface area contributed by atoms with Crippen molar-refractivity contribution in [3.8, 4) is 5.75 Å². The number of ether oxygens (including phenoxy) is 1. The van der Waals surface area contributed by atoms with Gasteiger partial charge in [-0.3, -0.25) is 10.3 Å². The lowest BCUT2D eigenvalue weighted by molar-refractivity contribution is 0.247.